The molecule has 0 aliphatic heterocycles. The summed E-state index contributed by atoms with van der Waals surface area (Å²) in [4.78, 5) is 22.1. The number of rotatable bonds is 32. The normalized spacial score (nSPS) is 22.1. The third-order valence-corrected chi connectivity index (χ3v) is 38.6. The van der Waals surface area contributed by atoms with Crippen molar-refractivity contribution in [2.45, 2.75) is 236 Å². The summed E-state index contributed by atoms with van der Waals surface area (Å²) in [7, 11) is -16.0. The molecule has 12 unspecified atom stereocenters. The Bertz CT molecular complexity index is 7470. The second-order valence-electron chi connectivity index (χ2n) is 43.6. The quantitative estimate of drug-likeness (QED) is 0.0228. The van der Waals surface area contributed by atoms with E-state index in [0.717, 1.165) is 111 Å². The first-order chi connectivity index (χ1) is 70.6. The van der Waals surface area contributed by atoms with E-state index in [1.807, 2.05) is 103 Å². The molecule has 7 aliphatic carbocycles. The summed E-state index contributed by atoms with van der Waals surface area (Å²) in [6, 6.07) is 71.3. The topological polar surface area (TPSA) is 444 Å². The van der Waals surface area contributed by atoms with Gasteiger partial charge in [-0.1, -0.05) is 177 Å². The number of primary sulfonamides is 6. The van der Waals surface area contributed by atoms with E-state index >= 15 is 0 Å². The minimum absolute atomic E-state index is 0.0543. The number of aryl methyl sites for hydroxylation is 7. The van der Waals surface area contributed by atoms with Crippen LogP contribution in [0.3, 0.4) is 0 Å². The molecular weight excluding hydrogens is 2020 g/mol. The minimum Gasteiger partial charge on any atom is -0.495 e. The number of alkyl halides is 3. The van der Waals surface area contributed by atoms with E-state index in [2.05, 4.69) is 164 Å². The SMILES string of the molecule is CC1(C)C(CCc2ccccn2)C1c1ccc(S(N)(=O)=O)cc1.CC1(C)C(CCc2ncccn2)C1c1ccc(S(N)(=O)=O)cc1.COc1cccnc1CCC1C(c2ccc(S(N)(=O)=O)cc2)C1(C)C.Cn1ccc(-c2ccccc2)c1CCC1C(c2ccc(S(N)(=O)=O)cc2)C1(C)C.Cn1cccc1CCC1C(c2ccc(S(N)(=O)=O)cc2)C12CCCC2.NS(=O)(=O)c1ccc(C2CC2CCc2cnccc2C(F)(F)F)cc1. The molecule has 798 valence electrons. The highest BCUT2D eigenvalue weighted by Crippen LogP contribution is 2.74. The fourth-order valence-corrected chi connectivity index (χ4v) is 27.4. The van der Waals surface area contributed by atoms with Gasteiger partial charge in [-0.25, -0.2) is 91.3 Å². The van der Waals surface area contributed by atoms with Gasteiger partial charge in [0.25, 0.3) is 0 Å². The third kappa shape index (κ3) is 27.1. The molecule has 7 aromatic carbocycles. The van der Waals surface area contributed by atoms with E-state index in [1.54, 1.807) is 98.5 Å². The lowest BCUT2D eigenvalue weighted by Gasteiger charge is -2.11. The lowest BCUT2D eigenvalue weighted by atomic mass is 9.96. The molecule has 0 bridgehead atoms. The van der Waals surface area contributed by atoms with Crippen molar-refractivity contribution in [1.29, 1.82) is 0 Å². The van der Waals surface area contributed by atoms with Crippen LogP contribution in [0, 0.1) is 62.6 Å². The Balaban J connectivity index is 0.000000135. The van der Waals surface area contributed by atoms with Gasteiger partial charge in [0.05, 0.1) is 47.7 Å². The van der Waals surface area contributed by atoms with Gasteiger partial charge in [-0.05, 0) is 360 Å². The van der Waals surface area contributed by atoms with Crippen molar-refractivity contribution in [1.82, 2.24) is 34.1 Å². The number of hydrogen-bond donors (Lipinski definition) is 6. The number of halogens is 3. The van der Waals surface area contributed by atoms with Crippen LogP contribution in [0.1, 0.15) is 235 Å². The molecule has 6 heterocycles. The highest BCUT2D eigenvalue weighted by Gasteiger charge is 2.65. The fraction of sp³-hybridized carbons (Fsp3) is 0.400. The number of hydrogen-bond acceptors (Lipinski definition) is 18. The summed E-state index contributed by atoms with van der Waals surface area (Å²) in [6.45, 7) is 18.2. The van der Waals surface area contributed by atoms with E-state index in [4.69, 9.17) is 35.6 Å². The van der Waals surface area contributed by atoms with Crippen LogP contribution in [-0.2, 0) is 119 Å². The fourth-order valence-electron chi connectivity index (χ4n) is 24.3. The number of aromatic nitrogens is 7. The van der Waals surface area contributed by atoms with Gasteiger partial charge in [0, 0.05) is 92.7 Å². The van der Waals surface area contributed by atoms with Gasteiger partial charge in [0.2, 0.25) is 60.1 Å². The largest absolute Gasteiger partial charge is 0.495 e. The van der Waals surface area contributed by atoms with Crippen LogP contribution in [0.15, 0.2) is 316 Å². The van der Waals surface area contributed by atoms with Crippen molar-refractivity contribution < 1.29 is 68.4 Å². The Morgan fingerprint density at radius 3 is 1.18 bits per heavy atom. The van der Waals surface area contributed by atoms with Crippen molar-refractivity contribution >= 4 is 60.1 Å². The second kappa shape index (κ2) is 45.1. The molecule has 0 amide bonds. The van der Waals surface area contributed by atoms with Crippen molar-refractivity contribution in [2.24, 2.45) is 108 Å². The van der Waals surface area contributed by atoms with Crippen molar-refractivity contribution in [3.05, 3.63) is 359 Å². The summed E-state index contributed by atoms with van der Waals surface area (Å²) in [5, 5.41) is 31.0. The average molecular weight is 2160 g/mol. The monoisotopic (exact) mass is 2160 g/mol. The maximum Gasteiger partial charge on any atom is 0.416 e. The van der Waals surface area contributed by atoms with Crippen LogP contribution < -0.4 is 35.6 Å². The molecule has 35 heteroatoms. The molecule has 12 N–H and O–H groups in total. The van der Waals surface area contributed by atoms with Gasteiger partial charge in [0.15, 0.2) is 0 Å². The van der Waals surface area contributed by atoms with Gasteiger partial charge in [-0.15, -0.1) is 0 Å². The van der Waals surface area contributed by atoms with Crippen molar-refractivity contribution in [2.75, 3.05) is 7.11 Å². The first kappa shape index (κ1) is 113. The number of ether oxygens (including phenoxy) is 1. The predicted octanol–water partition coefficient (Wildman–Crippen LogP) is 20.5. The van der Waals surface area contributed by atoms with Crippen LogP contribution in [0.5, 0.6) is 5.75 Å². The number of sulfonamides is 6. The zero-order valence-electron chi connectivity index (χ0n) is 86.6. The Kier molecular flexibility index (Phi) is 33.9. The smallest absolute Gasteiger partial charge is 0.416 e. The van der Waals surface area contributed by atoms with Crippen LogP contribution >= 0.6 is 0 Å². The molecule has 6 aromatic heterocycles. The highest BCUT2D eigenvalue weighted by molar-refractivity contribution is 7.90. The minimum atomic E-state index is -4.37. The van der Waals surface area contributed by atoms with Crippen LogP contribution in [0.25, 0.3) is 11.1 Å². The Morgan fingerprint density at radius 2 is 0.767 bits per heavy atom. The molecule has 7 fully saturated rings. The lowest BCUT2D eigenvalue weighted by Crippen LogP contribution is -2.11. The first-order valence-corrected chi connectivity index (χ1v) is 60.1. The lowest BCUT2D eigenvalue weighted by molar-refractivity contribution is -0.138. The predicted molar refractivity (Wildman–Crippen MR) is 577 cm³/mol. The van der Waals surface area contributed by atoms with E-state index in [-0.39, 0.29) is 62.5 Å². The summed E-state index contributed by atoms with van der Waals surface area (Å²) >= 11 is 0. The number of benzene rings is 7. The summed E-state index contributed by atoms with van der Waals surface area (Å²) in [5.74, 6) is 7.51. The van der Waals surface area contributed by atoms with Gasteiger partial charge in [-0.3, -0.25) is 15.0 Å². The molecule has 13 aromatic rings. The molecule has 7 saturated carbocycles. The summed E-state index contributed by atoms with van der Waals surface area (Å²) in [6.07, 6.45) is 26.9. The Hall–Kier alpha value is -11.3. The van der Waals surface area contributed by atoms with E-state index < -0.39 is 71.9 Å². The molecule has 1 spiro atoms. The molecule has 26 nitrogen and oxygen atoms in total. The maximum atomic E-state index is 13.0. The molecule has 7 aliphatic rings. The van der Waals surface area contributed by atoms with Gasteiger partial charge >= 0.3 is 6.18 Å². The van der Waals surface area contributed by atoms with Crippen LogP contribution in [0.2, 0.25) is 0 Å². The average Bonchev–Trinajstić information content (AvgIpc) is 1.52. The standard InChI is InChI=1S/C24H28N2O2S.C20H26N2O2S.C19H24N2O3S.C18H22N2O2S.C17H17F3N2O2S.C17H21N3O2S/c1-24(2)21(23(24)18-9-11-19(12-10-18)29(25,27)28)13-14-22-20(15-16-26(22)3)17-7-5-4-6-8-17;1-22-14-4-5-16(22)8-11-18-19(20(18)12-2-3-13-20)15-6-9-17(10-7-15)25(21,23)24;1-19(2)15(10-11-16-17(24-3)5-4-12-21-16)18(19)13-6-8-14(9-7-13)25(20,22)23;1-18(2)16(11-8-14-5-3-4-12-20-14)17(18)13-6-9-15(10-7-13)23(19,21)22;18-17(19,20)16-7-8-22-10-13(16)2-1-12-9-15(12)11-3-5-14(6-4-11)25(21,23)24;1-17(2)14(8-9-15-19-10-3-11-20-15)16(17)12-4-6-13(7-5-12)23(18,21)22/h4-12,15-16,21,23H,13-14H2,1-3H3,(H2,25,27,28);4-7,9-10,14,18-19H,2-3,8,11-13H2,1H3,(H2,21,23,24);4-9,12,15,18H,10-11H2,1-3H3,(H2,20,22,23);3-7,9-10,12,16-17H,8,11H2,1-2H3,(H2,19,21,22);3-8,10,12,15H,1-2,9H2,(H2,21,23,24);3-7,10-11,14,16H,8-9H2,1-2H3,(H2,18,21,22). The molecule has 20 rings (SSSR count). The Morgan fingerprint density at radius 1 is 0.367 bits per heavy atom. The molecule has 12 atom stereocenters. The first-order valence-electron chi connectivity index (χ1n) is 50.8. The summed E-state index contributed by atoms with van der Waals surface area (Å²) in [5.41, 5.74) is 15.3. The molecule has 0 radical (unpaired) electrons. The van der Waals surface area contributed by atoms with E-state index in [0.29, 0.717) is 83.4 Å². The van der Waals surface area contributed by atoms with Crippen molar-refractivity contribution in [3.8, 4) is 16.9 Å². The summed E-state index contributed by atoms with van der Waals surface area (Å²) < 4.78 is 185. The van der Waals surface area contributed by atoms with Gasteiger partial charge in [-0.2, -0.15) is 13.2 Å². The van der Waals surface area contributed by atoms with Crippen LogP contribution in [0.4, 0.5) is 13.2 Å². The Labute approximate surface area is 882 Å². The maximum absolute atomic E-state index is 13.0. The number of pyridine rings is 3. The molecular formula is C115H138F3N13O13S6. The zero-order chi connectivity index (χ0) is 108. The highest BCUT2D eigenvalue weighted by atomic mass is 32.2. The number of methoxy groups -OCH3 is 1. The molecule has 0 saturated heterocycles. The number of nitrogens with zero attached hydrogens (tertiary/aromatic N) is 7. The number of nitrogens with two attached hydrogens (primary N) is 6. The zero-order valence-corrected chi connectivity index (χ0v) is 91.5. The molecule has 150 heavy (non-hydrogen) atoms. The third-order valence-electron chi connectivity index (χ3n) is 33.0. The van der Waals surface area contributed by atoms with E-state index in [1.165, 1.54) is 95.2 Å². The second-order valence-corrected chi connectivity index (χ2v) is 53.0. The van der Waals surface area contributed by atoms with Crippen molar-refractivity contribution in [3.63, 3.8) is 0 Å². The van der Waals surface area contributed by atoms with Gasteiger partial charge in [0.1, 0.15) is 11.6 Å². The van der Waals surface area contributed by atoms with E-state index in [9.17, 15) is 63.7 Å². The van der Waals surface area contributed by atoms with Gasteiger partial charge < -0.3 is 13.9 Å². The van der Waals surface area contributed by atoms with Crippen LogP contribution in [-0.4, -0.2) is 91.7 Å².